The summed E-state index contributed by atoms with van der Waals surface area (Å²) in [6.45, 7) is 5.19. The number of nitrogens with zero attached hydrogens (tertiary/aromatic N) is 2. The summed E-state index contributed by atoms with van der Waals surface area (Å²) in [4.78, 5) is 21.5. The molecule has 3 rings (SSSR count). The molecule has 0 atom stereocenters. The number of halogens is 1. The van der Waals surface area contributed by atoms with Gasteiger partial charge in [0.15, 0.2) is 5.60 Å². The Balaban J connectivity index is 1.69. The number of aryl methyl sites for hydroxylation is 1. The number of para-hydroxylation sites is 2. The summed E-state index contributed by atoms with van der Waals surface area (Å²) in [5.74, 6) is 0.0554. The van der Waals surface area contributed by atoms with Gasteiger partial charge in [0.25, 0.3) is 0 Å². The monoisotopic (exact) mass is 370 g/mol. The van der Waals surface area contributed by atoms with Crippen molar-refractivity contribution in [1.29, 1.82) is 0 Å². The third-order valence-corrected chi connectivity index (χ3v) is 4.11. The zero-order valence-corrected chi connectivity index (χ0v) is 15.6. The first-order valence-corrected chi connectivity index (χ1v) is 8.57. The average Bonchev–Trinajstić information content (AvgIpc) is 2.61. The molecular weight excluding hydrogens is 352 g/mol. The van der Waals surface area contributed by atoms with E-state index in [2.05, 4.69) is 9.97 Å². The van der Waals surface area contributed by atoms with Crippen LogP contribution in [0.2, 0.25) is 5.02 Å². The maximum Gasteiger partial charge on any atom is 0.350 e. The van der Waals surface area contributed by atoms with Gasteiger partial charge >= 0.3 is 5.97 Å². The van der Waals surface area contributed by atoms with Crippen LogP contribution in [0.1, 0.15) is 25.2 Å². The van der Waals surface area contributed by atoms with Crippen molar-refractivity contribution < 1.29 is 14.3 Å². The van der Waals surface area contributed by atoms with E-state index in [4.69, 9.17) is 21.1 Å². The topological polar surface area (TPSA) is 61.3 Å². The van der Waals surface area contributed by atoms with Crippen LogP contribution in [0.5, 0.6) is 5.75 Å². The molecule has 0 aliphatic rings. The SMILES string of the molecule is Cc1nc2ccccc2nc1COC(=O)C(C)(C)Oc1ccc(Cl)cc1. The number of ether oxygens (including phenoxy) is 2. The number of hydrogen-bond acceptors (Lipinski definition) is 5. The largest absolute Gasteiger partial charge is 0.476 e. The second-order valence-electron chi connectivity index (χ2n) is 6.39. The third-order valence-electron chi connectivity index (χ3n) is 3.86. The van der Waals surface area contributed by atoms with Gasteiger partial charge in [-0.2, -0.15) is 0 Å². The Kier molecular flexibility index (Phi) is 5.09. The van der Waals surface area contributed by atoms with Gasteiger partial charge < -0.3 is 9.47 Å². The summed E-state index contributed by atoms with van der Waals surface area (Å²) >= 11 is 5.86. The van der Waals surface area contributed by atoms with Gasteiger partial charge in [-0.15, -0.1) is 0 Å². The molecule has 6 heteroatoms. The number of hydrogen-bond donors (Lipinski definition) is 0. The Morgan fingerprint density at radius 2 is 1.65 bits per heavy atom. The van der Waals surface area contributed by atoms with E-state index in [1.165, 1.54) is 0 Å². The number of aromatic nitrogens is 2. The Bertz CT molecular complexity index is 939. The van der Waals surface area contributed by atoms with Gasteiger partial charge in [0.05, 0.1) is 22.4 Å². The van der Waals surface area contributed by atoms with Gasteiger partial charge in [-0.25, -0.2) is 14.8 Å². The quantitative estimate of drug-likeness (QED) is 0.619. The summed E-state index contributed by atoms with van der Waals surface area (Å²) in [6.07, 6.45) is 0. The summed E-state index contributed by atoms with van der Waals surface area (Å²) in [5, 5.41) is 0.600. The summed E-state index contributed by atoms with van der Waals surface area (Å²) in [5.41, 5.74) is 1.78. The minimum absolute atomic E-state index is 0.0376. The Labute approximate surface area is 156 Å². The molecule has 0 radical (unpaired) electrons. The predicted molar refractivity (Wildman–Crippen MR) is 100 cm³/mol. The molecule has 0 amide bonds. The molecule has 0 aliphatic carbocycles. The van der Waals surface area contributed by atoms with Gasteiger partial charge in [0.2, 0.25) is 0 Å². The molecule has 5 nitrogen and oxygen atoms in total. The van der Waals surface area contributed by atoms with E-state index in [9.17, 15) is 4.79 Å². The number of benzene rings is 2. The fourth-order valence-corrected chi connectivity index (χ4v) is 2.53. The van der Waals surface area contributed by atoms with Crippen LogP contribution in [-0.2, 0) is 16.1 Å². The highest BCUT2D eigenvalue weighted by Gasteiger charge is 2.32. The van der Waals surface area contributed by atoms with Crippen molar-refractivity contribution in [3.8, 4) is 5.75 Å². The van der Waals surface area contributed by atoms with Crippen molar-refractivity contribution in [2.45, 2.75) is 33.0 Å². The molecule has 2 aromatic carbocycles. The van der Waals surface area contributed by atoms with Crippen molar-refractivity contribution in [3.05, 3.63) is 64.9 Å². The second-order valence-corrected chi connectivity index (χ2v) is 6.82. The standard InChI is InChI=1S/C20H19ClN2O3/c1-13-18(23-17-7-5-4-6-16(17)22-13)12-25-19(24)20(2,3)26-15-10-8-14(21)9-11-15/h4-11H,12H2,1-3H3. The molecule has 0 spiro atoms. The third kappa shape index (κ3) is 4.11. The molecule has 134 valence electrons. The van der Waals surface area contributed by atoms with Gasteiger partial charge in [-0.3, -0.25) is 0 Å². The van der Waals surface area contributed by atoms with E-state index in [-0.39, 0.29) is 6.61 Å². The van der Waals surface area contributed by atoms with E-state index >= 15 is 0 Å². The zero-order valence-electron chi connectivity index (χ0n) is 14.8. The fraction of sp³-hybridized carbons (Fsp3) is 0.250. The van der Waals surface area contributed by atoms with Gasteiger partial charge in [0.1, 0.15) is 12.4 Å². The molecule has 0 saturated carbocycles. The number of fused-ring (bicyclic) bond motifs is 1. The highest BCUT2D eigenvalue weighted by atomic mass is 35.5. The smallest absolute Gasteiger partial charge is 0.350 e. The number of rotatable bonds is 5. The van der Waals surface area contributed by atoms with E-state index in [0.717, 1.165) is 16.7 Å². The van der Waals surface area contributed by atoms with Gasteiger partial charge in [-0.05, 0) is 57.2 Å². The highest BCUT2D eigenvalue weighted by molar-refractivity contribution is 6.30. The van der Waals surface area contributed by atoms with Crippen molar-refractivity contribution in [2.24, 2.45) is 0 Å². The van der Waals surface area contributed by atoms with E-state index in [0.29, 0.717) is 16.5 Å². The molecule has 26 heavy (non-hydrogen) atoms. The molecular formula is C20H19ClN2O3. The molecule has 3 aromatic rings. The molecule has 0 N–H and O–H groups in total. The van der Waals surface area contributed by atoms with Crippen molar-refractivity contribution in [2.75, 3.05) is 0 Å². The molecule has 0 aliphatic heterocycles. The van der Waals surface area contributed by atoms with E-state index < -0.39 is 11.6 Å². The Morgan fingerprint density at radius 3 is 2.31 bits per heavy atom. The van der Waals surface area contributed by atoms with Crippen LogP contribution in [0.4, 0.5) is 0 Å². The summed E-state index contributed by atoms with van der Waals surface area (Å²) < 4.78 is 11.2. The molecule has 0 fully saturated rings. The van der Waals surface area contributed by atoms with Crippen LogP contribution in [0.3, 0.4) is 0 Å². The van der Waals surface area contributed by atoms with Crippen LogP contribution >= 0.6 is 11.6 Å². The van der Waals surface area contributed by atoms with Gasteiger partial charge in [0, 0.05) is 5.02 Å². The first-order chi connectivity index (χ1) is 12.3. The van der Waals surface area contributed by atoms with Crippen molar-refractivity contribution >= 4 is 28.6 Å². The van der Waals surface area contributed by atoms with Crippen LogP contribution in [-0.4, -0.2) is 21.5 Å². The number of carbonyl (C=O) groups excluding carboxylic acids is 1. The minimum atomic E-state index is -1.15. The van der Waals surface area contributed by atoms with Gasteiger partial charge in [-0.1, -0.05) is 23.7 Å². The van der Waals surface area contributed by atoms with E-state index in [1.807, 2.05) is 31.2 Å². The minimum Gasteiger partial charge on any atom is -0.476 e. The maximum atomic E-state index is 12.5. The average molecular weight is 371 g/mol. The lowest BCUT2D eigenvalue weighted by Gasteiger charge is -2.24. The molecule has 0 unspecified atom stereocenters. The Morgan fingerprint density at radius 1 is 1.04 bits per heavy atom. The summed E-state index contributed by atoms with van der Waals surface area (Å²) in [7, 11) is 0. The summed E-state index contributed by atoms with van der Waals surface area (Å²) in [6, 6.07) is 14.4. The molecule has 0 saturated heterocycles. The van der Waals surface area contributed by atoms with Crippen LogP contribution < -0.4 is 4.74 Å². The first-order valence-electron chi connectivity index (χ1n) is 8.19. The van der Waals surface area contributed by atoms with Crippen LogP contribution in [0.15, 0.2) is 48.5 Å². The van der Waals surface area contributed by atoms with Crippen molar-refractivity contribution in [3.63, 3.8) is 0 Å². The molecule has 1 heterocycles. The van der Waals surface area contributed by atoms with Crippen LogP contribution in [0, 0.1) is 6.92 Å². The van der Waals surface area contributed by atoms with E-state index in [1.54, 1.807) is 38.1 Å². The fourth-order valence-electron chi connectivity index (χ4n) is 2.41. The van der Waals surface area contributed by atoms with Crippen molar-refractivity contribution in [1.82, 2.24) is 9.97 Å². The highest BCUT2D eigenvalue weighted by Crippen LogP contribution is 2.22. The normalized spacial score (nSPS) is 11.4. The lowest BCUT2D eigenvalue weighted by atomic mass is 10.1. The lowest BCUT2D eigenvalue weighted by Crippen LogP contribution is -2.39. The predicted octanol–water partition coefficient (Wildman–Crippen LogP) is 4.49. The van der Waals surface area contributed by atoms with Crippen LogP contribution in [0.25, 0.3) is 11.0 Å². The molecule has 0 bridgehead atoms. The number of esters is 1. The first kappa shape index (κ1) is 18.1. The lowest BCUT2D eigenvalue weighted by molar-refractivity contribution is -0.160. The Hall–Kier alpha value is -2.66. The zero-order chi connectivity index (χ0) is 18.7. The number of carbonyl (C=O) groups is 1. The molecule has 1 aromatic heterocycles. The maximum absolute atomic E-state index is 12.5. The second kappa shape index (κ2) is 7.30.